The molecule has 10 heteroatoms. The van der Waals surface area contributed by atoms with Crippen molar-refractivity contribution in [2.24, 2.45) is 0 Å². The Balaban J connectivity index is 1.89. The fraction of sp³-hybridized carbons (Fsp3) is 0.591. The summed E-state index contributed by atoms with van der Waals surface area (Å²) >= 11 is 0. The first-order valence-corrected chi connectivity index (χ1v) is 10.8. The average Bonchev–Trinajstić information content (AvgIpc) is 3.20. The Labute approximate surface area is 188 Å². The molecule has 0 bridgehead atoms. The van der Waals surface area contributed by atoms with Crippen LogP contribution in [-0.4, -0.2) is 52.6 Å². The number of nitrogens with zero attached hydrogens (tertiary/aromatic N) is 3. The van der Waals surface area contributed by atoms with Crippen molar-refractivity contribution in [1.29, 1.82) is 5.26 Å². The predicted molar refractivity (Wildman–Crippen MR) is 119 cm³/mol. The van der Waals surface area contributed by atoms with E-state index >= 15 is 0 Å². The van der Waals surface area contributed by atoms with E-state index in [0.717, 1.165) is 18.5 Å². The number of hydrogen-bond donors (Lipinski definition) is 2. The first kappa shape index (κ1) is 24.9. The summed E-state index contributed by atoms with van der Waals surface area (Å²) in [5.41, 5.74) is 0.113. The number of carbonyl (C=O) groups is 2. The molecule has 2 N–H and O–H groups in total. The minimum atomic E-state index is -0.766. The van der Waals surface area contributed by atoms with Crippen LogP contribution in [0.2, 0.25) is 0 Å². The zero-order valence-electron chi connectivity index (χ0n) is 18.8. The maximum absolute atomic E-state index is 13.0. The number of ether oxygens (including phenoxy) is 1. The molecule has 1 aliphatic rings. The molecule has 0 radical (unpaired) electrons. The number of unbranched alkanes of at least 4 members (excludes halogenated alkanes) is 1. The molecule has 0 spiro atoms. The van der Waals surface area contributed by atoms with Crippen LogP contribution in [0.5, 0.6) is 0 Å². The molecule has 1 aromatic rings. The Bertz CT molecular complexity index is 844. The van der Waals surface area contributed by atoms with Gasteiger partial charge in [0.15, 0.2) is 0 Å². The quantitative estimate of drug-likeness (QED) is 0.336. The van der Waals surface area contributed by atoms with Gasteiger partial charge < -0.3 is 20.3 Å². The summed E-state index contributed by atoms with van der Waals surface area (Å²) in [5, 5.41) is 25.9. The molecular weight excluding hydrogens is 414 g/mol. The average molecular weight is 446 g/mol. The highest BCUT2D eigenvalue weighted by Gasteiger charge is 2.34. The summed E-state index contributed by atoms with van der Waals surface area (Å²) in [4.78, 5) is 37.1. The molecule has 0 aromatic heterocycles. The Morgan fingerprint density at radius 1 is 1.31 bits per heavy atom. The van der Waals surface area contributed by atoms with Gasteiger partial charge in [-0.1, -0.05) is 0 Å². The van der Waals surface area contributed by atoms with Crippen LogP contribution in [0.25, 0.3) is 0 Å². The van der Waals surface area contributed by atoms with Crippen molar-refractivity contribution in [3.63, 3.8) is 0 Å². The third-order valence-corrected chi connectivity index (χ3v) is 5.00. The second kappa shape index (κ2) is 11.3. The lowest BCUT2D eigenvalue weighted by molar-refractivity contribution is -0.384. The summed E-state index contributed by atoms with van der Waals surface area (Å²) < 4.78 is 5.30. The number of non-ortho nitro benzene ring substituents is 1. The summed E-state index contributed by atoms with van der Waals surface area (Å²) in [6.45, 7) is 6.36. The van der Waals surface area contributed by atoms with Gasteiger partial charge in [-0.3, -0.25) is 14.9 Å². The number of anilines is 1. The van der Waals surface area contributed by atoms with Gasteiger partial charge >= 0.3 is 6.09 Å². The van der Waals surface area contributed by atoms with Crippen LogP contribution in [0.15, 0.2) is 24.3 Å². The largest absolute Gasteiger partial charge is 0.444 e. The monoisotopic (exact) mass is 445 g/mol. The number of nitriles is 1. The fourth-order valence-electron chi connectivity index (χ4n) is 3.48. The second-order valence-corrected chi connectivity index (χ2v) is 8.74. The fourth-order valence-corrected chi connectivity index (χ4v) is 3.48. The summed E-state index contributed by atoms with van der Waals surface area (Å²) in [6, 6.07) is 7.08. The van der Waals surface area contributed by atoms with E-state index in [2.05, 4.69) is 16.7 Å². The molecule has 0 unspecified atom stereocenters. The second-order valence-electron chi connectivity index (χ2n) is 8.74. The highest BCUT2D eigenvalue weighted by molar-refractivity contribution is 5.86. The van der Waals surface area contributed by atoms with Crippen molar-refractivity contribution in [2.75, 3.05) is 18.4 Å². The van der Waals surface area contributed by atoms with Gasteiger partial charge in [-0.15, -0.1) is 0 Å². The number of benzene rings is 1. The van der Waals surface area contributed by atoms with Gasteiger partial charge in [-0.05, 0) is 65.0 Å². The van der Waals surface area contributed by atoms with Crippen molar-refractivity contribution in [1.82, 2.24) is 10.2 Å². The molecule has 1 aliphatic heterocycles. The first-order valence-electron chi connectivity index (χ1n) is 10.8. The number of carbonyl (C=O) groups excluding carboxylic acids is 2. The van der Waals surface area contributed by atoms with Crippen LogP contribution in [0.3, 0.4) is 0 Å². The third kappa shape index (κ3) is 7.72. The minimum absolute atomic E-state index is 0.0303. The predicted octanol–water partition coefficient (Wildman–Crippen LogP) is 3.58. The van der Waals surface area contributed by atoms with E-state index in [0.29, 0.717) is 32.4 Å². The Kier molecular flexibility index (Phi) is 8.81. The number of nitrogens with one attached hydrogen (secondary N) is 2. The van der Waals surface area contributed by atoms with Crippen LogP contribution in [0, 0.1) is 21.4 Å². The number of rotatable bonds is 9. The molecule has 1 aromatic carbocycles. The topological polar surface area (TPSA) is 138 Å². The molecule has 174 valence electrons. The van der Waals surface area contributed by atoms with E-state index in [4.69, 9.17) is 4.74 Å². The molecular formula is C22H31N5O5. The zero-order chi connectivity index (χ0) is 23.7. The third-order valence-electron chi connectivity index (χ3n) is 5.00. The van der Waals surface area contributed by atoms with Gasteiger partial charge in [0.05, 0.1) is 11.0 Å². The Morgan fingerprint density at radius 2 is 2.00 bits per heavy atom. The van der Waals surface area contributed by atoms with E-state index in [1.807, 2.05) is 0 Å². The van der Waals surface area contributed by atoms with Crippen molar-refractivity contribution in [3.8, 4) is 6.07 Å². The van der Waals surface area contributed by atoms with Crippen molar-refractivity contribution in [3.05, 3.63) is 34.4 Å². The van der Waals surface area contributed by atoms with Crippen LogP contribution >= 0.6 is 0 Å². The van der Waals surface area contributed by atoms with Gasteiger partial charge in [0, 0.05) is 30.9 Å². The summed E-state index contributed by atoms with van der Waals surface area (Å²) in [6.07, 6.45) is 2.53. The number of nitro groups is 1. The molecule has 0 aliphatic carbocycles. The number of nitro benzene ring substituents is 1. The van der Waals surface area contributed by atoms with Gasteiger partial charge in [-0.25, -0.2) is 4.79 Å². The maximum Gasteiger partial charge on any atom is 0.408 e. The van der Waals surface area contributed by atoms with Crippen LogP contribution < -0.4 is 10.6 Å². The SMILES string of the molecule is CC(C)(C)OC(=O)N[C@@H](CCCCNc1ccc([N+](=O)[O-])cc1)C(=O)N1CCC[C@H]1C#N. The van der Waals surface area contributed by atoms with Gasteiger partial charge in [0.2, 0.25) is 5.91 Å². The van der Waals surface area contributed by atoms with Crippen LogP contribution in [0.1, 0.15) is 52.9 Å². The normalized spacial score (nSPS) is 16.7. The molecule has 1 heterocycles. The molecule has 1 fully saturated rings. The van der Waals surface area contributed by atoms with E-state index in [-0.39, 0.29) is 11.6 Å². The standard InChI is InChI=1S/C22H31N5O5/c1-22(2,3)32-21(29)25-19(20(28)26-14-6-7-18(26)15-23)8-4-5-13-24-16-9-11-17(12-10-16)27(30)31/h9-12,18-19,24H,4-8,13-14H2,1-3H3,(H,25,29)/t18-,19-/m0/s1. The van der Waals surface area contributed by atoms with Gasteiger partial charge in [-0.2, -0.15) is 5.26 Å². The Hall–Kier alpha value is -3.35. The molecule has 1 saturated heterocycles. The van der Waals surface area contributed by atoms with E-state index in [1.54, 1.807) is 32.9 Å². The lowest BCUT2D eigenvalue weighted by Crippen LogP contribution is -2.50. The number of hydrogen-bond acceptors (Lipinski definition) is 7. The summed E-state index contributed by atoms with van der Waals surface area (Å²) in [5.74, 6) is -0.261. The Morgan fingerprint density at radius 3 is 2.59 bits per heavy atom. The number of amides is 2. The van der Waals surface area contributed by atoms with E-state index in [1.165, 1.54) is 17.0 Å². The maximum atomic E-state index is 13.0. The van der Waals surface area contributed by atoms with Crippen molar-refractivity contribution in [2.45, 2.75) is 70.6 Å². The van der Waals surface area contributed by atoms with Crippen LogP contribution in [0.4, 0.5) is 16.2 Å². The smallest absolute Gasteiger partial charge is 0.408 e. The lowest BCUT2D eigenvalue weighted by Gasteiger charge is -2.27. The molecule has 2 amide bonds. The molecule has 10 nitrogen and oxygen atoms in total. The van der Waals surface area contributed by atoms with Crippen molar-refractivity contribution >= 4 is 23.4 Å². The number of alkyl carbamates (subject to hydrolysis) is 1. The molecule has 2 atom stereocenters. The van der Waals surface area contributed by atoms with Crippen LogP contribution in [-0.2, 0) is 9.53 Å². The first-order chi connectivity index (χ1) is 15.1. The summed E-state index contributed by atoms with van der Waals surface area (Å²) in [7, 11) is 0. The van der Waals surface area contributed by atoms with E-state index < -0.39 is 28.7 Å². The van der Waals surface area contributed by atoms with Gasteiger partial charge in [0.25, 0.3) is 5.69 Å². The number of likely N-dealkylation sites (tertiary alicyclic amines) is 1. The van der Waals surface area contributed by atoms with Gasteiger partial charge in [0.1, 0.15) is 17.7 Å². The highest BCUT2D eigenvalue weighted by Crippen LogP contribution is 2.20. The molecule has 32 heavy (non-hydrogen) atoms. The zero-order valence-corrected chi connectivity index (χ0v) is 18.8. The molecule has 0 saturated carbocycles. The highest BCUT2D eigenvalue weighted by atomic mass is 16.6. The molecule has 2 rings (SSSR count). The van der Waals surface area contributed by atoms with E-state index in [9.17, 15) is 25.0 Å². The van der Waals surface area contributed by atoms with Crippen molar-refractivity contribution < 1.29 is 19.2 Å². The minimum Gasteiger partial charge on any atom is -0.444 e. The lowest BCUT2D eigenvalue weighted by atomic mass is 10.1.